The quantitative estimate of drug-likeness (QED) is 0.733. The van der Waals surface area contributed by atoms with Crippen molar-refractivity contribution in [3.05, 3.63) is 46.6 Å². The average molecular weight is 288 g/mol. The van der Waals surface area contributed by atoms with Gasteiger partial charge in [-0.3, -0.25) is 0 Å². The molecular formula is C13H12N4O4. The van der Waals surface area contributed by atoms with E-state index < -0.39 is 0 Å². The fourth-order valence-electron chi connectivity index (χ4n) is 1.86. The van der Waals surface area contributed by atoms with Gasteiger partial charge in [0.2, 0.25) is 5.88 Å². The van der Waals surface area contributed by atoms with E-state index in [1.165, 1.54) is 23.9 Å². The number of fused-ring (bicyclic) bond motifs is 1. The van der Waals surface area contributed by atoms with Crippen LogP contribution in [-0.4, -0.2) is 31.8 Å². The number of methoxy groups -OCH3 is 1. The predicted octanol–water partition coefficient (Wildman–Crippen LogP) is 0.711. The fraction of sp³-hybridized carbons (Fsp3) is 0.154. The normalized spacial score (nSPS) is 10.8. The molecule has 0 atom stereocenters. The van der Waals surface area contributed by atoms with E-state index in [2.05, 4.69) is 15.2 Å². The Balaban J connectivity index is 1.96. The Morgan fingerprint density at radius 1 is 1.33 bits per heavy atom. The maximum absolute atomic E-state index is 11.3. The maximum Gasteiger partial charge on any atom is 0.348 e. The zero-order valence-corrected chi connectivity index (χ0v) is 11.1. The number of nitrogens with one attached hydrogen (secondary N) is 1. The van der Waals surface area contributed by atoms with Gasteiger partial charge in [0.05, 0.1) is 13.7 Å². The number of H-pyrrole nitrogens is 1. The molecule has 0 aliphatic carbocycles. The molecule has 0 aliphatic rings. The Labute approximate surface area is 118 Å². The summed E-state index contributed by atoms with van der Waals surface area (Å²) < 4.78 is 12.1. The molecule has 0 aliphatic heterocycles. The van der Waals surface area contributed by atoms with Gasteiger partial charge in [-0.25, -0.2) is 19.3 Å². The third kappa shape index (κ3) is 2.43. The van der Waals surface area contributed by atoms with Crippen molar-refractivity contribution < 1.29 is 14.6 Å². The zero-order chi connectivity index (χ0) is 14.8. The van der Waals surface area contributed by atoms with Gasteiger partial charge in [-0.05, 0) is 17.7 Å². The number of aliphatic hydroxyl groups excluding tert-OH is 1. The zero-order valence-electron chi connectivity index (χ0n) is 11.1. The summed E-state index contributed by atoms with van der Waals surface area (Å²) >= 11 is 0. The first-order valence-corrected chi connectivity index (χ1v) is 6.09. The molecule has 0 radical (unpaired) electrons. The Morgan fingerprint density at radius 2 is 2.19 bits per heavy atom. The number of aliphatic hydroxyl groups is 1. The minimum Gasteiger partial charge on any atom is -0.493 e. The van der Waals surface area contributed by atoms with Gasteiger partial charge in [-0.1, -0.05) is 6.07 Å². The summed E-state index contributed by atoms with van der Waals surface area (Å²) in [6, 6.07) is 6.59. The molecular weight excluding hydrogens is 276 g/mol. The molecule has 2 heterocycles. The van der Waals surface area contributed by atoms with E-state index in [0.717, 1.165) is 0 Å². The summed E-state index contributed by atoms with van der Waals surface area (Å²) in [5.74, 6) is 1.20. The average Bonchev–Trinajstić information content (AvgIpc) is 2.88. The molecule has 21 heavy (non-hydrogen) atoms. The Kier molecular flexibility index (Phi) is 3.28. The SMILES string of the molecule is COc1cc(CO)ccc1Oc1cc2n[nH]c(=O)n2cn1. The fourth-order valence-corrected chi connectivity index (χ4v) is 1.86. The molecule has 0 saturated carbocycles. The molecule has 0 amide bonds. The second-order valence-electron chi connectivity index (χ2n) is 4.23. The number of hydrogen-bond donors (Lipinski definition) is 2. The Hall–Kier alpha value is -2.87. The van der Waals surface area contributed by atoms with Crippen LogP contribution in [0.25, 0.3) is 5.65 Å². The number of hydrogen-bond acceptors (Lipinski definition) is 6. The minimum atomic E-state index is -0.367. The van der Waals surface area contributed by atoms with Crippen LogP contribution in [0.15, 0.2) is 35.4 Å². The van der Waals surface area contributed by atoms with E-state index >= 15 is 0 Å². The van der Waals surface area contributed by atoms with Crippen molar-refractivity contribution in [2.24, 2.45) is 0 Å². The van der Waals surface area contributed by atoms with Crippen LogP contribution >= 0.6 is 0 Å². The van der Waals surface area contributed by atoms with E-state index in [0.29, 0.717) is 22.7 Å². The summed E-state index contributed by atoms with van der Waals surface area (Å²) in [6.45, 7) is -0.0863. The summed E-state index contributed by atoms with van der Waals surface area (Å²) in [5.41, 5.74) is 0.742. The predicted molar refractivity (Wildman–Crippen MR) is 72.6 cm³/mol. The summed E-state index contributed by atoms with van der Waals surface area (Å²) in [4.78, 5) is 15.4. The van der Waals surface area contributed by atoms with E-state index in [4.69, 9.17) is 14.6 Å². The van der Waals surface area contributed by atoms with Gasteiger partial charge in [-0.15, -0.1) is 0 Å². The van der Waals surface area contributed by atoms with E-state index in [-0.39, 0.29) is 18.2 Å². The molecule has 8 nitrogen and oxygen atoms in total. The number of aromatic nitrogens is 4. The van der Waals surface area contributed by atoms with Crippen molar-refractivity contribution in [3.8, 4) is 17.4 Å². The molecule has 0 saturated heterocycles. The van der Waals surface area contributed by atoms with E-state index in [1.807, 2.05) is 0 Å². The standard InChI is InChI=1S/C13H12N4O4/c1-20-10-4-8(6-18)2-3-9(10)21-12-5-11-15-16-13(19)17(11)7-14-12/h2-5,7,18H,6H2,1H3,(H,16,19). The first-order valence-electron chi connectivity index (χ1n) is 6.09. The van der Waals surface area contributed by atoms with Gasteiger partial charge in [0.1, 0.15) is 6.33 Å². The third-order valence-corrected chi connectivity index (χ3v) is 2.91. The van der Waals surface area contributed by atoms with Crippen molar-refractivity contribution in [1.29, 1.82) is 0 Å². The monoisotopic (exact) mass is 288 g/mol. The van der Waals surface area contributed by atoms with Gasteiger partial charge in [0, 0.05) is 6.07 Å². The lowest BCUT2D eigenvalue weighted by Gasteiger charge is -2.10. The van der Waals surface area contributed by atoms with Crippen LogP contribution in [0.5, 0.6) is 17.4 Å². The van der Waals surface area contributed by atoms with Gasteiger partial charge < -0.3 is 14.6 Å². The van der Waals surface area contributed by atoms with Crippen LogP contribution in [0.2, 0.25) is 0 Å². The lowest BCUT2D eigenvalue weighted by atomic mass is 10.2. The molecule has 8 heteroatoms. The number of rotatable bonds is 4. The van der Waals surface area contributed by atoms with Crippen LogP contribution in [0.4, 0.5) is 0 Å². The molecule has 0 fully saturated rings. The van der Waals surface area contributed by atoms with E-state index in [9.17, 15) is 4.79 Å². The third-order valence-electron chi connectivity index (χ3n) is 2.91. The van der Waals surface area contributed by atoms with Crippen LogP contribution in [0, 0.1) is 0 Å². The number of nitrogens with zero attached hydrogens (tertiary/aromatic N) is 3. The van der Waals surface area contributed by atoms with Crippen molar-refractivity contribution in [2.45, 2.75) is 6.61 Å². The molecule has 0 spiro atoms. The minimum absolute atomic E-state index is 0.0863. The lowest BCUT2D eigenvalue weighted by Crippen LogP contribution is -2.09. The van der Waals surface area contributed by atoms with Crippen molar-refractivity contribution in [3.63, 3.8) is 0 Å². The Bertz CT molecular complexity index is 840. The molecule has 108 valence electrons. The van der Waals surface area contributed by atoms with Crippen molar-refractivity contribution in [2.75, 3.05) is 7.11 Å². The molecule has 3 aromatic rings. The van der Waals surface area contributed by atoms with Crippen molar-refractivity contribution >= 4 is 5.65 Å². The number of benzene rings is 1. The molecule has 1 aromatic carbocycles. The van der Waals surface area contributed by atoms with Gasteiger partial charge in [0.25, 0.3) is 0 Å². The largest absolute Gasteiger partial charge is 0.493 e. The van der Waals surface area contributed by atoms with Crippen LogP contribution < -0.4 is 15.2 Å². The van der Waals surface area contributed by atoms with Crippen LogP contribution in [0.1, 0.15) is 5.56 Å². The molecule has 0 unspecified atom stereocenters. The van der Waals surface area contributed by atoms with Gasteiger partial charge in [0.15, 0.2) is 17.1 Å². The first-order chi connectivity index (χ1) is 10.2. The van der Waals surface area contributed by atoms with Crippen LogP contribution in [0.3, 0.4) is 0 Å². The number of aromatic amines is 1. The molecule has 2 aromatic heterocycles. The lowest BCUT2D eigenvalue weighted by molar-refractivity contribution is 0.280. The molecule has 2 N–H and O–H groups in total. The number of ether oxygens (including phenoxy) is 2. The highest BCUT2D eigenvalue weighted by molar-refractivity contribution is 5.46. The highest BCUT2D eigenvalue weighted by Crippen LogP contribution is 2.31. The molecule has 3 rings (SSSR count). The molecule has 0 bridgehead atoms. The van der Waals surface area contributed by atoms with Gasteiger partial charge in [-0.2, -0.15) is 5.10 Å². The highest BCUT2D eigenvalue weighted by atomic mass is 16.5. The Morgan fingerprint density at radius 3 is 2.95 bits per heavy atom. The van der Waals surface area contributed by atoms with Crippen molar-refractivity contribution in [1.82, 2.24) is 19.6 Å². The van der Waals surface area contributed by atoms with Gasteiger partial charge >= 0.3 is 5.69 Å². The second kappa shape index (κ2) is 5.25. The topological polar surface area (TPSA) is 102 Å². The second-order valence-corrected chi connectivity index (χ2v) is 4.23. The first kappa shape index (κ1) is 13.1. The maximum atomic E-state index is 11.3. The van der Waals surface area contributed by atoms with E-state index in [1.54, 1.807) is 18.2 Å². The smallest absolute Gasteiger partial charge is 0.348 e. The summed E-state index contributed by atoms with van der Waals surface area (Å²) in [6.07, 6.45) is 1.32. The summed E-state index contributed by atoms with van der Waals surface area (Å²) in [5, 5.41) is 15.3. The summed E-state index contributed by atoms with van der Waals surface area (Å²) in [7, 11) is 1.51. The van der Waals surface area contributed by atoms with Crippen LogP contribution in [-0.2, 0) is 6.61 Å². The highest BCUT2D eigenvalue weighted by Gasteiger charge is 2.09.